The molecule has 66 valence electrons. The van der Waals surface area contributed by atoms with Crippen molar-refractivity contribution in [3.63, 3.8) is 0 Å². The zero-order chi connectivity index (χ0) is 9.19. The summed E-state index contributed by atoms with van der Waals surface area (Å²) in [6.45, 7) is 0. The van der Waals surface area contributed by atoms with Crippen LogP contribution in [-0.4, -0.2) is 9.79 Å². The first-order valence-corrected chi connectivity index (χ1v) is 5.99. The molecule has 0 amide bonds. The highest BCUT2D eigenvalue weighted by atomic mass is 79.9. The van der Waals surface area contributed by atoms with Gasteiger partial charge in [-0.3, -0.25) is 4.57 Å². The fourth-order valence-corrected chi connectivity index (χ4v) is 2.42. The molecule has 0 heterocycles. The molecule has 0 fully saturated rings. The molecular formula is C7H8BrO3P. The average molecular weight is 251 g/mol. The zero-order valence-corrected chi connectivity index (χ0v) is 8.62. The quantitative estimate of drug-likeness (QED) is 0.616. The van der Waals surface area contributed by atoms with Crippen molar-refractivity contribution in [2.24, 2.45) is 0 Å². The van der Waals surface area contributed by atoms with Crippen molar-refractivity contribution in [1.29, 1.82) is 0 Å². The first-order chi connectivity index (χ1) is 5.55. The second-order valence-corrected chi connectivity index (χ2v) is 4.44. The van der Waals surface area contributed by atoms with E-state index in [2.05, 4.69) is 15.9 Å². The second kappa shape index (κ2) is 3.71. The third-order valence-corrected chi connectivity index (χ3v) is 3.12. The Morgan fingerprint density at radius 1 is 1.33 bits per heavy atom. The van der Waals surface area contributed by atoms with Gasteiger partial charge < -0.3 is 9.79 Å². The summed E-state index contributed by atoms with van der Waals surface area (Å²) in [6, 6.07) is 6.48. The van der Waals surface area contributed by atoms with E-state index in [1.807, 2.05) is 0 Å². The van der Waals surface area contributed by atoms with Gasteiger partial charge in [0.25, 0.3) is 0 Å². The van der Waals surface area contributed by atoms with Gasteiger partial charge in [-0.05, 0) is 11.6 Å². The van der Waals surface area contributed by atoms with Crippen LogP contribution in [0.2, 0.25) is 0 Å². The third-order valence-electron chi connectivity index (χ3n) is 1.45. The Kier molecular flexibility index (Phi) is 3.07. The number of hydrogen-bond donors (Lipinski definition) is 2. The zero-order valence-electron chi connectivity index (χ0n) is 6.14. The molecule has 2 N–H and O–H groups in total. The fourth-order valence-electron chi connectivity index (χ4n) is 0.908. The summed E-state index contributed by atoms with van der Waals surface area (Å²) in [6.07, 6.45) is 0. The number of halogens is 1. The van der Waals surface area contributed by atoms with E-state index < -0.39 is 7.60 Å². The van der Waals surface area contributed by atoms with Crippen molar-refractivity contribution in [3.8, 4) is 0 Å². The lowest BCUT2D eigenvalue weighted by Gasteiger charge is -2.07. The summed E-state index contributed by atoms with van der Waals surface area (Å²) in [5.74, 6) is 0. The predicted molar refractivity (Wildman–Crippen MR) is 50.8 cm³/mol. The van der Waals surface area contributed by atoms with Crippen molar-refractivity contribution in [3.05, 3.63) is 29.8 Å². The molecule has 1 aromatic carbocycles. The molecule has 0 spiro atoms. The molecule has 0 atom stereocenters. The molecule has 0 aromatic heterocycles. The van der Waals surface area contributed by atoms with E-state index >= 15 is 0 Å². The minimum atomic E-state index is -4.10. The Bertz CT molecular complexity index is 320. The minimum absolute atomic E-state index is 0.0990. The Labute approximate surface area is 78.7 Å². The summed E-state index contributed by atoms with van der Waals surface area (Å²) in [4.78, 5) is 17.8. The third kappa shape index (κ3) is 2.17. The highest BCUT2D eigenvalue weighted by Gasteiger charge is 2.19. The standard InChI is InChI=1S/C7H8BrO3P/c8-5-6-3-1-2-4-7(6)12(9,10)11/h1-4H,5H2,(H2,9,10,11). The van der Waals surface area contributed by atoms with E-state index in [9.17, 15) is 4.57 Å². The van der Waals surface area contributed by atoms with E-state index in [0.29, 0.717) is 10.9 Å². The maximum Gasteiger partial charge on any atom is 0.356 e. The SMILES string of the molecule is O=P(O)(O)c1ccccc1CBr. The molecule has 0 aliphatic heterocycles. The van der Waals surface area contributed by atoms with Crippen molar-refractivity contribution in [2.45, 2.75) is 5.33 Å². The molecule has 0 unspecified atom stereocenters. The summed E-state index contributed by atoms with van der Waals surface area (Å²) < 4.78 is 10.9. The van der Waals surface area contributed by atoms with Crippen LogP contribution in [0.15, 0.2) is 24.3 Å². The lowest BCUT2D eigenvalue weighted by atomic mass is 10.2. The van der Waals surface area contributed by atoms with E-state index in [1.54, 1.807) is 18.2 Å². The molecule has 0 radical (unpaired) electrons. The van der Waals surface area contributed by atoms with E-state index in [-0.39, 0.29) is 5.30 Å². The molecule has 0 saturated heterocycles. The van der Waals surface area contributed by atoms with Gasteiger partial charge in [-0.1, -0.05) is 34.1 Å². The van der Waals surface area contributed by atoms with Crippen LogP contribution in [0.5, 0.6) is 0 Å². The number of alkyl halides is 1. The van der Waals surface area contributed by atoms with Crippen LogP contribution in [0, 0.1) is 0 Å². The average Bonchev–Trinajstić information content (AvgIpc) is 2.03. The van der Waals surface area contributed by atoms with Gasteiger partial charge in [0.05, 0.1) is 5.30 Å². The van der Waals surface area contributed by atoms with E-state index in [1.165, 1.54) is 6.07 Å². The normalized spacial score (nSPS) is 11.6. The molecule has 12 heavy (non-hydrogen) atoms. The topological polar surface area (TPSA) is 57.5 Å². The summed E-state index contributed by atoms with van der Waals surface area (Å²) >= 11 is 3.16. The molecule has 0 bridgehead atoms. The molecular weight excluding hydrogens is 243 g/mol. The van der Waals surface area contributed by atoms with Gasteiger partial charge in [0, 0.05) is 5.33 Å². The van der Waals surface area contributed by atoms with Gasteiger partial charge in [0.2, 0.25) is 0 Å². The van der Waals surface area contributed by atoms with Crippen LogP contribution in [0.1, 0.15) is 5.56 Å². The van der Waals surface area contributed by atoms with E-state index in [4.69, 9.17) is 9.79 Å². The van der Waals surface area contributed by atoms with Crippen LogP contribution < -0.4 is 5.30 Å². The van der Waals surface area contributed by atoms with Crippen LogP contribution in [0.4, 0.5) is 0 Å². The minimum Gasteiger partial charge on any atom is -0.321 e. The van der Waals surface area contributed by atoms with Gasteiger partial charge in [-0.25, -0.2) is 0 Å². The predicted octanol–water partition coefficient (Wildman–Crippen LogP) is 1.38. The van der Waals surface area contributed by atoms with Crippen molar-refractivity contribution in [2.75, 3.05) is 0 Å². The number of hydrogen-bond acceptors (Lipinski definition) is 1. The Morgan fingerprint density at radius 3 is 2.33 bits per heavy atom. The fraction of sp³-hybridized carbons (Fsp3) is 0.143. The highest BCUT2D eigenvalue weighted by Crippen LogP contribution is 2.34. The Balaban J connectivity index is 3.23. The Hall–Kier alpha value is -0.150. The monoisotopic (exact) mass is 250 g/mol. The largest absolute Gasteiger partial charge is 0.356 e. The lowest BCUT2D eigenvalue weighted by molar-refractivity contribution is 0.387. The van der Waals surface area contributed by atoms with Crippen molar-refractivity contribution < 1.29 is 14.4 Å². The van der Waals surface area contributed by atoms with Gasteiger partial charge in [0.1, 0.15) is 0 Å². The molecule has 5 heteroatoms. The molecule has 1 aromatic rings. The Morgan fingerprint density at radius 2 is 1.92 bits per heavy atom. The molecule has 0 aliphatic carbocycles. The van der Waals surface area contributed by atoms with Gasteiger partial charge >= 0.3 is 7.60 Å². The first-order valence-electron chi connectivity index (χ1n) is 3.25. The highest BCUT2D eigenvalue weighted by molar-refractivity contribution is 9.08. The molecule has 1 rings (SSSR count). The van der Waals surface area contributed by atoms with Gasteiger partial charge in [0.15, 0.2) is 0 Å². The van der Waals surface area contributed by atoms with Gasteiger partial charge in [-0.2, -0.15) is 0 Å². The van der Waals surface area contributed by atoms with Crippen LogP contribution in [0.3, 0.4) is 0 Å². The van der Waals surface area contributed by atoms with Crippen LogP contribution in [-0.2, 0) is 9.90 Å². The van der Waals surface area contributed by atoms with Crippen LogP contribution >= 0.6 is 23.5 Å². The first kappa shape index (κ1) is 9.93. The maximum absolute atomic E-state index is 10.9. The second-order valence-electron chi connectivity index (χ2n) is 2.31. The summed E-state index contributed by atoms with van der Waals surface area (Å²) in [5.41, 5.74) is 0.630. The smallest absolute Gasteiger partial charge is 0.321 e. The van der Waals surface area contributed by atoms with Gasteiger partial charge in [-0.15, -0.1) is 0 Å². The van der Waals surface area contributed by atoms with Crippen molar-refractivity contribution >= 4 is 28.8 Å². The maximum atomic E-state index is 10.9. The number of benzene rings is 1. The van der Waals surface area contributed by atoms with E-state index in [0.717, 1.165) is 0 Å². The summed E-state index contributed by atoms with van der Waals surface area (Å²) in [7, 11) is -4.10. The van der Waals surface area contributed by atoms with Crippen LogP contribution in [0.25, 0.3) is 0 Å². The van der Waals surface area contributed by atoms with Crippen molar-refractivity contribution in [1.82, 2.24) is 0 Å². The summed E-state index contributed by atoms with van der Waals surface area (Å²) in [5, 5.41) is 0.552. The molecule has 0 aliphatic rings. The molecule has 3 nitrogen and oxygen atoms in total. The lowest BCUT2D eigenvalue weighted by Crippen LogP contribution is -2.08. The number of rotatable bonds is 2. The molecule has 0 saturated carbocycles.